The van der Waals surface area contributed by atoms with Crippen LogP contribution in [0.1, 0.15) is 83.3 Å². The predicted molar refractivity (Wildman–Crippen MR) is 104 cm³/mol. The molecule has 26 heavy (non-hydrogen) atoms. The van der Waals surface area contributed by atoms with Crippen LogP contribution in [-0.4, -0.2) is 23.3 Å². The number of aryl methyl sites for hydroxylation is 1. The number of aliphatic hydroxyl groups excluding tert-OH is 1. The van der Waals surface area contributed by atoms with Gasteiger partial charge in [-0.25, -0.2) is 4.79 Å². The van der Waals surface area contributed by atoms with Gasteiger partial charge in [-0.05, 0) is 62.1 Å². The van der Waals surface area contributed by atoms with Crippen molar-refractivity contribution in [3.8, 4) is 0 Å². The number of amides is 1. The summed E-state index contributed by atoms with van der Waals surface area (Å²) in [7, 11) is 0. The van der Waals surface area contributed by atoms with Gasteiger partial charge in [-0.1, -0.05) is 39.0 Å². The third-order valence-electron chi connectivity index (χ3n) is 4.98. The Kier molecular flexibility index (Phi) is 6.35. The van der Waals surface area contributed by atoms with Crippen LogP contribution in [0.4, 0.5) is 4.79 Å². The first kappa shape index (κ1) is 20.7. The van der Waals surface area contributed by atoms with Gasteiger partial charge in [-0.3, -0.25) is 5.32 Å². The molecule has 5 heteroatoms. The van der Waals surface area contributed by atoms with E-state index in [1.54, 1.807) is 0 Å². The van der Waals surface area contributed by atoms with Crippen molar-refractivity contribution in [1.29, 1.82) is 0 Å². The molecule has 0 aliphatic heterocycles. The van der Waals surface area contributed by atoms with E-state index in [4.69, 9.17) is 4.74 Å². The second-order valence-corrected chi connectivity index (χ2v) is 9.00. The number of fused-ring (bicyclic) bond motifs is 1. The Bertz CT molecular complexity index is 635. The molecule has 1 aromatic carbocycles. The van der Waals surface area contributed by atoms with Gasteiger partial charge in [-0.15, -0.1) is 0 Å². The molecule has 146 valence electrons. The Morgan fingerprint density at radius 3 is 2.62 bits per heavy atom. The van der Waals surface area contributed by atoms with Crippen molar-refractivity contribution in [1.82, 2.24) is 10.6 Å². The van der Waals surface area contributed by atoms with Crippen LogP contribution in [0.15, 0.2) is 18.2 Å². The highest BCUT2D eigenvalue weighted by molar-refractivity contribution is 5.68. The maximum Gasteiger partial charge on any atom is 0.408 e. The number of ether oxygens (including phenoxy) is 1. The molecule has 0 spiro atoms. The number of carbonyl (C=O) groups excluding carboxylic acids is 1. The van der Waals surface area contributed by atoms with Crippen LogP contribution < -0.4 is 10.6 Å². The number of rotatable bonds is 6. The summed E-state index contributed by atoms with van der Waals surface area (Å²) in [5, 5.41) is 16.6. The van der Waals surface area contributed by atoms with E-state index in [1.165, 1.54) is 5.56 Å². The highest BCUT2D eigenvalue weighted by atomic mass is 16.6. The molecule has 1 aliphatic rings. The first-order chi connectivity index (χ1) is 12.0. The van der Waals surface area contributed by atoms with Crippen molar-refractivity contribution in [2.75, 3.05) is 6.54 Å². The molecular weight excluding hydrogens is 328 g/mol. The first-order valence-electron chi connectivity index (χ1n) is 9.54. The molecule has 3 N–H and O–H groups in total. The number of aliphatic hydroxyl groups is 1. The highest BCUT2D eigenvalue weighted by Crippen LogP contribution is 2.33. The number of nitrogens with one attached hydrogen (secondary N) is 2. The fraction of sp³-hybridized carbons (Fsp3) is 0.667. The van der Waals surface area contributed by atoms with E-state index in [-0.39, 0.29) is 17.6 Å². The summed E-state index contributed by atoms with van der Waals surface area (Å²) >= 11 is 0. The molecular formula is C21H34N2O3. The molecule has 2 atom stereocenters. The Hall–Kier alpha value is -1.59. The number of carbonyl (C=O) groups is 1. The lowest BCUT2D eigenvalue weighted by molar-refractivity contribution is 0.0503. The van der Waals surface area contributed by atoms with Gasteiger partial charge in [0, 0.05) is 6.54 Å². The molecule has 2 unspecified atom stereocenters. The highest BCUT2D eigenvalue weighted by Gasteiger charge is 2.27. The fourth-order valence-corrected chi connectivity index (χ4v) is 3.02. The van der Waals surface area contributed by atoms with E-state index < -0.39 is 11.8 Å². The fourth-order valence-electron chi connectivity index (χ4n) is 3.02. The SMILES string of the molecule is CCC(C)(C)CNC(O)c1ccc2c(c1)CCC2NC(=O)OC(C)(C)C. The van der Waals surface area contributed by atoms with Crippen molar-refractivity contribution >= 4 is 6.09 Å². The average molecular weight is 363 g/mol. The summed E-state index contributed by atoms with van der Waals surface area (Å²) in [4.78, 5) is 12.0. The number of alkyl carbamates (subject to hydrolysis) is 1. The molecule has 0 fully saturated rings. The molecule has 0 bridgehead atoms. The van der Waals surface area contributed by atoms with Crippen LogP contribution in [0.25, 0.3) is 0 Å². The zero-order valence-electron chi connectivity index (χ0n) is 17.0. The van der Waals surface area contributed by atoms with Crippen molar-refractivity contribution in [3.63, 3.8) is 0 Å². The van der Waals surface area contributed by atoms with E-state index in [9.17, 15) is 9.90 Å². The molecule has 0 heterocycles. The largest absolute Gasteiger partial charge is 0.444 e. The van der Waals surface area contributed by atoms with Gasteiger partial charge in [0.15, 0.2) is 0 Å². The number of benzene rings is 1. The van der Waals surface area contributed by atoms with Gasteiger partial charge < -0.3 is 15.2 Å². The van der Waals surface area contributed by atoms with Crippen molar-refractivity contribution < 1.29 is 14.6 Å². The van der Waals surface area contributed by atoms with Crippen molar-refractivity contribution in [2.24, 2.45) is 5.41 Å². The number of hydrogen-bond donors (Lipinski definition) is 3. The average Bonchev–Trinajstić information content (AvgIpc) is 2.93. The lowest BCUT2D eigenvalue weighted by Crippen LogP contribution is -2.34. The number of hydrogen-bond acceptors (Lipinski definition) is 4. The minimum absolute atomic E-state index is 0.0296. The van der Waals surface area contributed by atoms with Gasteiger partial charge >= 0.3 is 6.09 Å². The maximum atomic E-state index is 12.0. The van der Waals surface area contributed by atoms with E-state index in [2.05, 4.69) is 31.4 Å². The molecule has 0 saturated heterocycles. The van der Waals surface area contributed by atoms with Gasteiger partial charge in [0.05, 0.1) is 6.04 Å². The molecule has 0 aromatic heterocycles. The summed E-state index contributed by atoms with van der Waals surface area (Å²) in [5.41, 5.74) is 2.81. The maximum absolute atomic E-state index is 12.0. The minimum atomic E-state index is -0.677. The summed E-state index contributed by atoms with van der Waals surface area (Å²) in [6.45, 7) is 12.8. The third kappa shape index (κ3) is 5.71. The van der Waals surface area contributed by atoms with Crippen LogP contribution in [0, 0.1) is 5.41 Å². The van der Waals surface area contributed by atoms with Crippen LogP contribution in [-0.2, 0) is 11.2 Å². The Morgan fingerprint density at radius 2 is 2.00 bits per heavy atom. The molecule has 0 radical (unpaired) electrons. The summed E-state index contributed by atoms with van der Waals surface area (Å²) < 4.78 is 5.35. The smallest absolute Gasteiger partial charge is 0.408 e. The van der Waals surface area contributed by atoms with Crippen LogP contribution >= 0.6 is 0 Å². The lowest BCUT2D eigenvalue weighted by Gasteiger charge is -2.25. The normalized spacial score (nSPS) is 18.3. The topological polar surface area (TPSA) is 70.6 Å². The van der Waals surface area contributed by atoms with Crippen molar-refractivity contribution in [2.45, 2.75) is 78.7 Å². The Labute approximate surface area is 157 Å². The summed E-state index contributed by atoms with van der Waals surface area (Å²) in [5.74, 6) is 0. The monoisotopic (exact) mass is 362 g/mol. The Morgan fingerprint density at radius 1 is 1.31 bits per heavy atom. The van der Waals surface area contributed by atoms with Gasteiger partial charge in [0.1, 0.15) is 11.8 Å². The van der Waals surface area contributed by atoms with Crippen LogP contribution in [0.3, 0.4) is 0 Å². The van der Waals surface area contributed by atoms with E-state index in [0.29, 0.717) is 0 Å². The molecule has 1 aliphatic carbocycles. The van der Waals surface area contributed by atoms with E-state index in [0.717, 1.165) is 36.9 Å². The van der Waals surface area contributed by atoms with Gasteiger partial charge in [0.2, 0.25) is 0 Å². The summed E-state index contributed by atoms with van der Waals surface area (Å²) in [6, 6.07) is 5.96. The van der Waals surface area contributed by atoms with Crippen LogP contribution in [0.5, 0.6) is 0 Å². The second kappa shape index (κ2) is 7.97. The zero-order chi connectivity index (χ0) is 19.5. The molecule has 5 nitrogen and oxygen atoms in total. The predicted octanol–water partition coefficient (Wildman–Crippen LogP) is 4.22. The lowest BCUT2D eigenvalue weighted by atomic mass is 9.90. The van der Waals surface area contributed by atoms with Crippen molar-refractivity contribution in [3.05, 3.63) is 34.9 Å². The molecule has 0 saturated carbocycles. The summed E-state index contributed by atoms with van der Waals surface area (Å²) in [6.07, 6.45) is 1.72. The van der Waals surface area contributed by atoms with E-state index in [1.807, 2.05) is 39.0 Å². The zero-order valence-corrected chi connectivity index (χ0v) is 17.0. The van der Waals surface area contributed by atoms with Gasteiger partial charge in [0.25, 0.3) is 0 Å². The minimum Gasteiger partial charge on any atom is -0.444 e. The first-order valence-corrected chi connectivity index (χ1v) is 9.54. The standard InChI is InChI=1S/C21H34N2O3/c1-7-21(5,6)13-22-18(24)15-8-10-16-14(12-15)9-11-17(16)23-19(25)26-20(2,3)4/h8,10,12,17-18,22,24H,7,9,11,13H2,1-6H3,(H,23,25). The van der Waals surface area contributed by atoms with Gasteiger partial charge in [-0.2, -0.15) is 0 Å². The Balaban J connectivity index is 2.00. The third-order valence-corrected chi connectivity index (χ3v) is 4.98. The second-order valence-electron chi connectivity index (χ2n) is 9.00. The van der Waals surface area contributed by atoms with E-state index >= 15 is 0 Å². The van der Waals surface area contributed by atoms with Crippen LogP contribution in [0.2, 0.25) is 0 Å². The quantitative estimate of drug-likeness (QED) is 0.663. The molecule has 1 amide bonds. The molecule has 2 rings (SSSR count). The molecule has 1 aromatic rings.